The van der Waals surface area contributed by atoms with Crippen LogP contribution in [0.15, 0.2) is 30.9 Å². The minimum absolute atomic E-state index is 0.0146. The molecule has 1 aromatic carbocycles. The fraction of sp³-hybridized carbons (Fsp3) is 0.368. The Hall–Kier alpha value is -2.31. The summed E-state index contributed by atoms with van der Waals surface area (Å²) in [6.07, 6.45) is 2.64. The summed E-state index contributed by atoms with van der Waals surface area (Å²) in [7, 11) is 0. The summed E-state index contributed by atoms with van der Waals surface area (Å²) in [5.74, 6) is 2.07. The van der Waals surface area contributed by atoms with Gasteiger partial charge in [-0.1, -0.05) is 24.3 Å². The highest BCUT2D eigenvalue weighted by atomic mass is 35.5. The van der Waals surface area contributed by atoms with Crippen molar-refractivity contribution >= 4 is 29.1 Å². The zero-order chi connectivity index (χ0) is 18.1. The zero-order valence-electron chi connectivity index (χ0n) is 14.7. The van der Waals surface area contributed by atoms with E-state index < -0.39 is 0 Å². The van der Waals surface area contributed by atoms with Gasteiger partial charge in [-0.3, -0.25) is 0 Å². The zero-order valence-corrected chi connectivity index (χ0v) is 15.4. The maximum atomic E-state index is 6.64. The number of aryl methyl sites for hydroxylation is 1. The van der Waals surface area contributed by atoms with Crippen molar-refractivity contribution in [2.24, 2.45) is 0 Å². The average molecular weight is 373 g/mol. The van der Waals surface area contributed by atoms with Crippen molar-refractivity contribution in [3.63, 3.8) is 0 Å². The highest BCUT2D eigenvalue weighted by Gasteiger charge is 2.29. The standard InChI is InChI=1S/C19H21ClN4O2/c1-3-6-26-17-10-14(20)13-9-15(17)22-19-21-12(2)8-18(23-19)24-5-4-7-25-11-16(13)24/h3,8-10,16H,1,4-7,11H2,2H3,(H,21,22,23). The fourth-order valence-corrected chi connectivity index (χ4v) is 3.66. The fourth-order valence-electron chi connectivity index (χ4n) is 3.38. The van der Waals surface area contributed by atoms with Crippen molar-refractivity contribution in [3.8, 4) is 5.75 Å². The molecular formula is C19H21ClN4O2. The Kier molecular flexibility index (Phi) is 4.70. The van der Waals surface area contributed by atoms with Crippen molar-refractivity contribution in [1.82, 2.24) is 9.97 Å². The minimum Gasteiger partial charge on any atom is -0.487 e. The lowest BCUT2D eigenvalue weighted by Gasteiger charge is -2.31. The molecule has 7 heteroatoms. The Bertz CT molecular complexity index is 843. The molecule has 0 aliphatic carbocycles. The van der Waals surface area contributed by atoms with Crippen LogP contribution in [0, 0.1) is 6.92 Å². The number of nitrogens with one attached hydrogen (secondary N) is 1. The van der Waals surface area contributed by atoms with Crippen LogP contribution in [0.4, 0.5) is 17.5 Å². The van der Waals surface area contributed by atoms with E-state index in [4.69, 9.17) is 26.1 Å². The summed E-state index contributed by atoms with van der Waals surface area (Å²) in [4.78, 5) is 11.5. The molecular weight excluding hydrogens is 352 g/mol. The van der Waals surface area contributed by atoms with Crippen LogP contribution in [0.5, 0.6) is 5.75 Å². The lowest BCUT2D eigenvalue weighted by molar-refractivity contribution is 0.134. The van der Waals surface area contributed by atoms with E-state index in [-0.39, 0.29) is 6.04 Å². The molecule has 0 saturated carbocycles. The van der Waals surface area contributed by atoms with Crippen molar-refractivity contribution in [1.29, 1.82) is 0 Å². The number of ether oxygens (including phenoxy) is 2. The van der Waals surface area contributed by atoms with E-state index in [0.29, 0.717) is 29.9 Å². The Labute approximate surface area is 157 Å². The third-order valence-electron chi connectivity index (χ3n) is 4.54. The summed E-state index contributed by atoms with van der Waals surface area (Å²) in [5.41, 5.74) is 2.67. The van der Waals surface area contributed by atoms with Gasteiger partial charge in [0.25, 0.3) is 0 Å². The molecule has 1 aromatic heterocycles. The summed E-state index contributed by atoms with van der Waals surface area (Å²) in [5, 5.41) is 3.94. The van der Waals surface area contributed by atoms with Crippen LogP contribution in [-0.4, -0.2) is 36.3 Å². The quantitative estimate of drug-likeness (QED) is 0.821. The van der Waals surface area contributed by atoms with Gasteiger partial charge in [0.2, 0.25) is 5.95 Å². The Morgan fingerprint density at radius 2 is 2.31 bits per heavy atom. The lowest BCUT2D eigenvalue weighted by Crippen LogP contribution is -2.31. The van der Waals surface area contributed by atoms with Gasteiger partial charge in [0.15, 0.2) is 0 Å². The second kappa shape index (κ2) is 7.13. The molecule has 1 fully saturated rings. The smallest absolute Gasteiger partial charge is 0.229 e. The van der Waals surface area contributed by atoms with Gasteiger partial charge in [-0.15, -0.1) is 0 Å². The number of hydrogen-bond acceptors (Lipinski definition) is 6. The van der Waals surface area contributed by atoms with Gasteiger partial charge in [-0.2, -0.15) is 4.98 Å². The van der Waals surface area contributed by atoms with Crippen LogP contribution in [0.2, 0.25) is 5.02 Å². The monoisotopic (exact) mass is 372 g/mol. The number of anilines is 3. The summed E-state index contributed by atoms with van der Waals surface area (Å²) < 4.78 is 11.6. The van der Waals surface area contributed by atoms with Gasteiger partial charge >= 0.3 is 0 Å². The van der Waals surface area contributed by atoms with Crippen LogP contribution < -0.4 is 15.0 Å². The van der Waals surface area contributed by atoms with Gasteiger partial charge < -0.3 is 19.7 Å². The number of aromatic nitrogens is 2. The molecule has 3 heterocycles. The van der Waals surface area contributed by atoms with Gasteiger partial charge in [0.05, 0.1) is 18.3 Å². The van der Waals surface area contributed by atoms with E-state index >= 15 is 0 Å². The summed E-state index contributed by atoms with van der Waals surface area (Å²) >= 11 is 6.64. The number of halogens is 1. The summed E-state index contributed by atoms with van der Waals surface area (Å²) in [6, 6.07) is 5.84. The highest BCUT2D eigenvalue weighted by molar-refractivity contribution is 6.31. The first-order chi connectivity index (χ1) is 12.7. The van der Waals surface area contributed by atoms with E-state index in [0.717, 1.165) is 42.3 Å². The lowest BCUT2D eigenvalue weighted by atomic mass is 10.0. The summed E-state index contributed by atoms with van der Waals surface area (Å²) in [6.45, 7) is 8.20. The minimum atomic E-state index is -0.0146. The van der Waals surface area contributed by atoms with E-state index in [1.165, 1.54) is 0 Å². The predicted octanol–water partition coefficient (Wildman–Crippen LogP) is 4.03. The molecule has 1 atom stereocenters. The topological polar surface area (TPSA) is 59.5 Å². The van der Waals surface area contributed by atoms with Gasteiger partial charge in [-0.05, 0) is 25.0 Å². The number of benzene rings is 1. The maximum Gasteiger partial charge on any atom is 0.229 e. The molecule has 0 spiro atoms. The van der Waals surface area contributed by atoms with E-state index in [1.54, 1.807) is 6.08 Å². The second-order valence-corrected chi connectivity index (χ2v) is 6.83. The predicted molar refractivity (Wildman–Crippen MR) is 103 cm³/mol. The van der Waals surface area contributed by atoms with Gasteiger partial charge in [-0.25, -0.2) is 4.98 Å². The third kappa shape index (κ3) is 3.22. The largest absolute Gasteiger partial charge is 0.487 e. The van der Waals surface area contributed by atoms with Crippen LogP contribution >= 0.6 is 11.6 Å². The average Bonchev–Trinajstić information content (AvgIpc) is 2.85. The Morgan fingerprint density at radius 3 is 3.15 bits per heavy atom. The molecule has 136 valence electrons. The maximum absolute atomic E-state index is 6.64. The number of rotatable bonds is 3. The molecule has 4 bridgehead atoms. The van der Waals surface area contributed by atoms with E-state index in [1.807, 2.05) is 25.1 Å². The van der Waals surface area contributed by atoms with Crippen molar-refractivity contribution in [2.75, 3.05) is 36.6 Å². The van der Waals surface area contributed by atoms with Gasteiger partial charge in [0, 0.05) is 36.0 Å². The molecule has 2 aromatic rings. The number of nitrogens with zero attached hydrogens (tertiary/aromatic N) is 3. The third-order valence-corrected chi connectivity index (χ3v) is 4.86. The highest BCUT2D eigenvalue weighted by Crippen LogP contribution is 2.41. The van der Waals surface area contributed by atoms with E-state index in [9.17, 15) is 0 Å². The normalized spacial score (nSPS) is 18.5. The molecule has 26 heavy (non-hydrogen) atoms. The molecule has 0 radical (unpaired) electrons. The molecule has 2 aliphatic rings. The Balaban J connectivity index is 1.89. The molecule has 2 aliphatic heterocycles. The van der Waals surface area contributed by atoms with Crippen LogP contribution in [-0.2, 0) is 4.74 Å². The van der Waals surface area contributed by atoms with Crippen LogP contribution in [0.3, 0.4) is 0 Å². The number of hydrogen-bond donors (Lipinski definition) is 1. The molecule has 1 unspecified atom stereocenters. The van der Waals surface area contributed by atoms with Crippen LogP contribution in [0.1, 0.15) is 23.7 Å². The first-order valence-electron chi connectivity index (χ1n) is 8.70. The molecule has 1 N–H and O–H groups in total. The first-order valence-corrected chi connectivity index (χ1v) is 9.08. The SMILES string of the molecule is C=CCOc1cc(Cl)c2cc1Nc1nc(C)cc(n1)N1CCCOCC21. The van der Waals surface area contributed by atoms with Gasteiger partial charge in [0.1, 0.15) is 18.2 Å². The Morgan fingerprint density at radius 1 is 1.42 bits per heavy atom. The second-order valence-electron chi connectivity index (χ2n) is 6.42. The first kappa shape index (κ1) is 17.1. The number of fused-ring (bicyclic) bond motifs is 7. The molecule has 6 nitrogen and oxygen atoms in total. The van der Waals surface area contributed by atoms with Crippen molar-refractivity contribution in [3.05, 3.63) is 47.1 Å². The van der Waals surface area contributed by atoms with Crippen molar-refractivity contribution in [2.45, 2.75) is 19.4 Å². The molecule has 1 saturated heterocycles. The van der Waals surface area contributed by atoms with E-state index in [2.05, 4.69) is 21.8 Å². The molecule has 0 amide bonds. The van der Waals surface area contributed by atoms with Crippen molar-refractivity contribution < 1.29 is 9.47 Å². The van der Waals surface area contributed by atoms with Crippen LogP contribution in [0.25, 0.3) is 0 Å². The molecule has 4 rings (SSSR count).